The summed E-state index contributed by atoms with van der Waals surface area (Å²) in [4.78, 5) is 12.5. The molecule has 1 aliphatic rings. The number of carbonyl (C=O) groups excluding carboxylic acids is 1. The largest absolute Gasteiger partial charge is 0.490 e. The summed E-state index contributed by atoms with van der Waals surface area (Å²) in [5, 5.41) is 8.87. The average molecular weight is 434 g/mol. The number of hydrogen-bond donors (Lipinski definition) is 0. The second-order valence-corrected chi connectivity index (χ2v) is 8.74. The number of esters is 1. The van der Waals surface area contributed by atoms with Crippen LogP contribution in [-0.4, -0.2) is 12.1 Å². The Hall–Kier alpha value is -2.80. The molecule has 1 heterocycles. The van der Waals surface area contributed by atoms with Gasteiger partial charge in [0.25, 0.3) is 0 Å². The van der Waals surface area contributed by atoms with Crippen LogP contribution in [-0.2, 0) is 6.42 Å². The van der Waals surface area contributed by atoms with E-state index in [0.717, 1.165) is 30.6 Å². The summed E-state index contributed by atoms with van der Waals surface area (Å²) in [6.07, 6.45) is 15.4. The Kier molecular flexibility index (Phi) is 9.62. The molecule has 1 atom stereocenters. The van der Waals surface area contributed by atoms with Crippen molar-refractivity contribution in [3.63, 3.8) is 0 Å². The van der Waals surface area contributed by atoms with E-state index in [1.54, 1.807) is 30.3 Å². The van der Waals surface area contributed by atoms with Gasteiger partial charge in [0.05, 0.1) is 23.3 Å². The number of unbranched alkanes of at least 4 members (excludes halogenated alkanes) is 8. The molecule has 3 rings (SSSR count). The molecule has 2 aromatic rings. The molecule has 0 N–H and O–H groups in total. The fourth-order valence-electron chi connectivity index (χ4n) is 4.22. The molecule has 2 aromatic carbocycles. The van der Waals surface area contributed by atoms with Gasteiger partial charge < -0.3 is 9.47 Å². The predicted molar refractivity (Wildman–Crippen MR) is 127 cm³/mol. The van der Waals surface area contributed by atoms with Crippen molar-refractivity contribution in [3.8, 4) is 17.6 Å². The van der Waals surface area contributed by atoms with E-state index in [2.05, 4.69) is 13.0 Å². The smallest absolute Gasteiger partial charge is 0.343 e. The third-order valence-corrected chi connectivity index (χ3v) is 6.15. The lowest BCUT2D eigenvalue weighted by atomic mass is 9.97. The van der Waals surface area contributed by atoms with Gasteiger partial charge in [0.15, 0.2) is 0 Å². The molecule has 0 bridgehead atoms. The molecular weight excluding hydrogens is 398 g/mol. The number of nitrogens with zero attached hydrogens (tertiary/aromatic N) is 1. The first-order chi connectivity index (χ1) is 15.7. The Morgan fingerprint density at radius 2 is 1.69 bits per heavy atom. The topological polar surface area (TPSA) is 59.3 Å². The Bertz CT molecular complexity index is 898. The summed E-state index contributed by atoms with van der Waals surface area (Å²) in [6.45, 7) is 2.26. The molecular formula is C28H35NO3. The lowest BCUT2D eigenvalue weighted by Crippen LogP contribution is -2.23. The van der Waals surface area contributed by atoms with E-state index in [9.17, 15) is 4.79 Å². The predicted octanol–water partition coefficient (Wildman–Crippen LogP) is 7.39. The standard InChI is InChI=1S/C28H35NO3/c1-2-3-4-5-6-7-8-9-10-11-25-18-14-23-20-24(15-19-27(23)31-25)28(30)32-26-16-12-22(21-29)13-17-26/h12-13,15-17,19-20,25H,2-11,14,18H2,1H3. The average Bonchev–Trinajstić information content (AvgIpc) is 2.83. The highest BCUT2D eigenvalue weighted by molar-refractivity contribution is 5.91. The van der Waals surface area contributed by atoms with Gasteiger partial charge in [-0.2, -0.15) is 5.26 Å². The van der Waals surface area contributed by atoms with E-state index >= 15 is 0 Å². The minimum absolute atomic E-state index is 0.281. The van der Waals surface area contributed by atoms with Gasteiger partial charge in [-0.05, 0) is 73.7 Å². The Balaban J connectivity index is 1.40. The number of carbonyl (C=O) groups is 1. The second kappa shape index (κ2) is 12.9. The summed E-state index contributed by atoms with van der Waals surface area (Å²) in [5.41, 5.74) is 2.13. The van der Waals surface area contributed by atoms with E-state index in [4.69, 9.17) is 14.7 Å². The fraction of sp³-hybridized carbons (Fsp3) is 0.500. The number of benzene rings is 2. The van der Waals surface area contributed by atoms with Gasteiger partial charge in [-0.25, -0.2) is 4.79 Å². The third-order valence-electron chi connectivity index (χ3n) is 6.15. The summed E-state index contributed by atoms with van der Waals surface area (Å²) in [6, 6.07) is 14.1. The van der Waals surface area contributed by atoms with Gasteiger partial charge in [-0.15, -0.1) is 0 Å². The first-order valence-corrected chi connectivity index (χ1v) is 12.2. The molecule has 0 fully saturated rings. The molecule has 0 saturated carbocycles. The van der Waals surface area contributed by atoms with Crippen molar-refractivity contribution < 1.29 is 14.3 Å². The highest BCUT2D eigenvalue weighted by Crippen LogP contribution is 2.31. The van der Waals surface area contributed by atoms with Crippen LogP contribution in [0.3, 0.4) is 0 Å². The first-order valence-electron chi connectivity index (χ1n) is 12.2. The maximum absolute atomic E-state index is 12.5. The van der Waals surface area contributed by atoms with Crippen LogP contribution in [0.25, 0.3) is 0 Å². The highest BCUT2D eigenvalue weighted by Gasteiger charge is 2.21. The molecule has 32 heavy (non-hydrogen) atoms. The minimum atomic E-state index is -0.394. The van der Waals surface area contributed by atoms with Crippen molar-refractivity contribution in [3.05, 3.63) is 59.2 Å². The van der Waals surface area contributed by atoms with E-state index in [0.29, 0.717) is 16.9 Å². The van der Waals surface area contributed by atoms with Crippen LogP contribution in [0.1, 0.15) is 99.0 Å². The van der Waals surface area contributed by atoms with Gasteiger partial charge in [-0.3, -0.25) is 0 Å². The summed E-state index contributed by atoms with van der Waals surface area (Å²) < 4.78 is 11.6. The summed E-state index contributed by atoms with van der Waals surface area (Å²) in [7, 11) is 0. The number of rotatable bonds is 12. The van der Waals surface area contributed by atoms with Crippen molar-refractivity contribution in [2.24, 2.45) is 0 Å². The molecule has 0 radical (unpaired) electrons. The third kappa shape index (κ3) is 7.41. The van der Waals surface area contributed by atoms with Crippen molar-refractivity contribution in [1.82, 2.24) is 0 Å². The number of fused-ring (bicyclic) bond motifs is 1. The van der Waals surface area contributed by atoms with Gasteiger partial charge >= 0.3 is 5.97 Å². The van der Waals surface area contributed by atoms with Crippen LogP contribution < -0.4 is 9.47 Å². The van der Waals surface area contributed by atoms with Gasteiger partial charge in [0, 0.05) is 0 Å². The van der Waals surface area contributed by atoms with E-state index in [1.165, 1.54) is 57.8 Å². The Morgan fingerprint density at radius 3 is 2.38 bits per heavy atom. The lowest BCUT2D eigenvalue weighted by Gasteiger charge is -2.26. The zero-order valence-electron chi connectivity index (χ0n) is 19.3. The molecule has 1 unspecified atom stereocenters. The number of ether oxygens (including phenoxy) is 2. The van der Waals surface area contributed by atoms with Crippen LogP contribution in [0, 0.1) is 11.3 Å². The van der Waals surface area contributed by atoms with Crippen molar-refractivity contribution in [1.29, 1.82) is 5.26 Å². The van der Waals surface area contributed by atoms with Crippen molar-refractivity contribution in [2.75, 3.05) is 0 Å². The lowest BCUT2D eigenvalue weighted by molar-refractivity contribution is 0.0734. The van der Waals surface area contributed by atoms with Crippen molar-refractivity contribution in [2.45, 2.75) is 90.1 Å². The van der Waals surface area contributed by atoms with Crippen LogP contribution in [0.5, 0.6) is 11.5 Å². The minimum Gasteiger partial charge on any atom is -0.490 e. The van der Waals surface area contributed by atoms with Crippen LogP contribution in [0.4, 0.5) is 0 Å². The summed E-state index contributed by atoms with van der Waals surface area (Å²) in [5.74, 6) is 0.936. The number of hydrogen-bond acceptors (Lipinski definition) is 4. The molecule has 0 aliphatic carbocycles. The van der Waals surface area contributed by atoms with Gasteiger partial charge in [0.1, 0.15) is 11.5 Å². The first kappa shape index (κ1) is 23.9. The maximum atomic E-state index is 12.5. The number of aryl methyl sites for hydroxylation is 1. The van der Waals surface area contributed by atoms with E-state index in [1.807, 2.05) is 12.1 Å². The Labute approximate surface area is 192 Å². The molecule has 4 heteroatoms. The highest BCUT2D eigenvalue weighted by atomic mass is 16.5. The monoisotopic (exact) mass is 433 g/mol. The normalized spacial score (nSPS) is 14.8. The fourth-order valence-corrected chi connectivity index (χ4v) is 4.22. The second-order valence-electron chi connectivity index (χ2n) is 8.74. The molecule has 0 spiro atoms. The molecule has 4 nitrogen and oxygen atoms in total. The van der Waals surface area contributed by atoms with E-state index < -0.39 is 5.97 Å². The molecule has 0 saturated heterocycles. The SMILES string of the molecule is CCCCCCCCCCCC1CCc2cc(C(=O)Oc3ccc(C#N)cc3)ccc2O1. The van der Waals surface area contributed by atoms with Crippen LogP contribution >= 0.6 is 0 Å². The number of nitriles is 1. The zero-order valence-corrected chi connectivity index (χ0v) is 19.3. The molecule has 0 aromatic heterocycles. The van der Waals surface area contributed by atoms with Crippen molar-refractivity contribution >= 4 is 5.97 Å². The maximum Gasteiger partial charge on any atom is 0.343 e. The van der Waals surface area contributed by atoms with E-state index in [-0.39, 0.29) is 6.10 Å². The molecule has 1 aliphatic heterocycles. The molecule has 0 amide bonds. The van der Waals surface area contributed by atoms with Gasteiger partial charge in [-0.1, -0.05) is 58.3 Å². The Morgan fingerprint density at radius 1 is 1.00 bits per heavy atom. The quantitative estimate of drug-likeness (QED) is 0.199. The van der Waals surface area contributed by atoms with Gasteiger partial charge in [0.2, 0.25) is 0 Å². The molecule has 170 valence electrons. The van der Waals surface area contributed by atoms with Crippen LogP contribution in [0.2, 0.25) is 0 Å². The van der Waals surface area contributed by atoms with Crippen LogP contribution in [0.15, 0.2) is 42.5 Å². The summed E-state index contributed by atoms with van der Waals surface area (Å²) >= 11 is 0. The zero-order chi connectivity index (χ0) is 22.6.